The maximum atomic E-state index is 13.7. The Hall–Kier alpha value is -3.00. The minimum atomic E-state index is -0.493. The fourth-order valence-electron chi connectivity index (χ4n) is 3.24. The first-order valence-corrected chi connectivity index (χ1v) is 9.10. The predicted octanol–water partition coefficient (Wildman–Crippen LogP) is 4.21. The van der Waals surface area contributed by atoms with Crippen LogP contribution in [0.25, 0.3) is 11.6 Å². The van der Waals surface area contributed by atoms with Gasteiger partial charge in [-0.05, 0) is 37.6 Å². The Labute approximate surface area is 165 Å². The van der Waals surface area contributed by atoms with E-state index in [4.69, 9.17) is 16.1 Å². The summed E-state index contributed by atoms with van der Waals surface area (Å²) in [5, 5.41) is 6.87. The van der Waals surface area contributed by atoms with Gasteiger partial charge in [-0.25, -0.2) is 19.2 Å². The molecule has 0 spiro atoms. The van der Waals surface area contributed by atoms with E-state index in [2.05, 4.69) is 20.4 Å². The largest absolute Gasteiger partial charge is 0.352 e. The topological polar surface area (TPSA) is 84.2 Å². The second-order valence-corrected chi connectivity index (χ2v) is 7.12. The van der Waals surface area contributed by atoms with Crippen LogP contribution in [0.5, 0.6) is 0 Å². The van der Waals surface area contributed by atoms with Crippen LogP contribution in [0.1, 0.15) is 23.7 Å². The highest BCUT2D eigenvalue weighted by molar-refractivity contribution is 6.31. The van der Waals surface area contributed by atoms with Gasteiger partial charge in [-0.1, -0.05) is 16.8 Å². The lowest BCUT2D eigenvalue weighted by atomic mass is 10.00. The number of nitrogens with one attached hydrogen (secondary N) is 1. The van der Waals surface area contributed by atoms with Crippen molar-refractivity contribution in [2.24, 2.45) is 0 Å². The van der Waals surface area contributed by atoms with Gasteiger partial charge in [0.1, 0.15) is 5.82 Å². The molecule has 4 rings (SSSR count). The molecule has 1 aromatic carbocycles. The van der Waals surface area contributed by atoms with Crippen LogP contribution in [-0.4, -0.2) is 32.1 Å². The lowest BCUT2D eigenvalue weighted by Crippen LogP contribution is -2.44. The molecule has 1 atom stereocenters. The van der Waals surface area contributed by atoms with Gasteiger partial charge in [0.15, 0.2) is 5.82 Å². The Balaban J connectivity index is 1.59. The van der Waals surface area contributed by atoms with E-state index in [-0.39, 0.29) is 17.1 Å². The maximum Gasteiger partial charge on any atom is 0.322 e. The molecule has 0 aliphatic carbocycles. The number of hydrogen-bond donors (Lipinski definition) is 1. The van der Waals surface area contributed by atoms with Crippen molar-refractivity contribution in [1.29, 1.82) is 0 Å². The number of carbonyl (C=O) groups is 1. The highest BCUT2D eigenvalue weighted by Crippen LogP contribution is 2.31. The monoisotopic (exact) mass is 401 g/mol. The Kier molecular flexibility index (Phi) is 4.72. The van der Waals surface area contributed by atoms with E-state index in [1.165, 1.54) is 6.07 Å². The molecule has 2 aromatic heterocycles. The van der Waals surface area contributed by atoms with E-state index in [0.29, 0.717) is 35.8 Å². The molecule has 1 aliphatic rings. The van der Waals surface area contributed by atoms with E-state index in [1.54, 1.807) is 36.4 Å². The number of amides is 2. The third kappa shape index (κ3) is 3.31. The molecule has 3 aromatic rings. The molecular formula is C19H17ClFN5O2. The van der Waals surface area contributed by atoms with E-state index >= 15 is 0 Å². The first-order valence-electron chi connectivity index (χ1n) is 8.72. The maximum absolute atomic E-state index is 13.7. The van der Waals surface area contributed by atoms with Gasteiger partial charge in [0.25, 0.3) is 0 Å². The van der Waals surface area contributed by atoms with E-state index in [1.807, 2.05) is 6.92 Å². The third-order valence-electron chi connectivity index (χ3n) is 4.71. The molecule has 1 aliphatic heterocycles. The van der Waals surface area contributed by atoms with Crippen LogP contribution < -0.4 is 5.32 Å². The smallest absolute Gasteiger partial charge is 0.322 e. The van der Waals surface area contributed by atoms with Crippen molar-refractivity contribution in [1.82, 2.24) is 20.0 Å². The van der Waals surface area contributed by atoms with E-state index in [9.17, 15) is 9.18 Å². The second-order valence-electron chi connectivity index (χ2n) is 6.71. The highest BCUT2D eigenvalue weighted by atomic mass is 35.5. The van der Waals surface area contributed by atoms with Crippen LogP contribution in [0.3, 0.4) is 0 Å². The first-order chi connectivity index (χ1) is 13.4. The van der Waals surface area contributed by atoms with E-state index < -0.39 is 5.82 Å². The molecule has 0 bridgehead atoms. The van der Waals surface area contributed by atoms with Crippen LogP contribution in [0.2, 0.25) is 5.02 Å². The summed E-state index contributed by atoms with van der Waals surface area (Å²) in [4.78, 5) is 22.9. The number of anilines is 1. The molecule has 7 nitrogen and oxygen atoms in total. The molecule has 0 radical (unpaired) electrons. The van der Waals surface area contributed by atoms with Crippen molar-refractivity contribution in [3.05, 3.63) is 58.3 Å². The molecular weight excluding hydrogens is 385 g/mol. The Morgan fingerprint density at radius 1 is 1.36 bits per heavy atom. The normalized spacial score (nSPS) is 16.0. The van der Waals surface area contributed by atoms with Gasteiger partial charge in [-0.2, -0.15) is 0 Å². The minimum absolute atomic E-state index is 0.0353. The number of fused-ring (bicyclic) bond motifs is 1. The van der Waals surface area contributed by atoms with Gasteiger partial charge < -0.3 is 14.7 Å². The van der Waals surface area contributed by atoms with Gasteiger partial charge in [-0.3, -0.25) is 0 Å². The molecule has 1 N–H and O–H groups in total. The van der Waals surface area contributed by atoms with Crippen LogP contribution >= 0.6 is 11.6 Å². The Bertz CT molecular complexity index is 1020. The van der Waals surface area contributed by atoms with Crippen molar-refractivity contribution >= 4 is 23.3 Å². The molecule has 1 unspecified atom stereocenters. The van der Waals surface area contributed by atoms with Crippen LogP contribution in [0, 0.1) is 12.7 Å². The number of halogens is 2. The summed E-state index contributed by atoms with van der Waals surface area (Å²) in [5.41, 5.74) is 2.37. The number of benzene rings is 1. The van der Waals surface area contributed by atoms with Gasteiger partial charge in [-0.15, -0.1) is 0 Å². The standard InChI is InChI=1S/C19H17ClFN5O2/c1-10-6-12(8-14(20)16(10)21)24-19(27)26-9-13-15(7-11(26)2)25-28-17(13)18-22-4-3-5-23-18/h3-6,8,11H,7,9H2,1-2H3,(H,24,27). The van der Waals surface area contributed by atoms with Crippen molar-refractivity contribution in [3.63, 3.8) is 0 Å². The Morgan fingerprint density at radius 2 is 2.11 bits per heavy atom. The highest BCUT2D eigenvalue weighted by Gasteiger charge is 2.33. The summed E-state index contributed by atoms with van der Waals surface area (Å²) in [6.07, 6.45) is 3.78. The quantitative estimate of drug-likeness (QED) is 0.695. The van der Waals surface area contributed by atoms with Gasteiger partial charge in [0.05, 0.1) is 17.3 Å². The lowest BCUT2D eigenvalue weighted by Gasteiger charge is -2.32. The molecule has 3 heterocycles. The van der Waals surface area contributed by atoms with Crippen LogP contribution in [0.4, 0.5) is 14.9 Å². The number of carbonyl (C=O) groups excluding carboxylic acids is 1. The van der Waals surface area contributed by atoms with Gasteiger partial charge in [0, 0.05) is 36.1 Å². The predicted molar refractivity (Wildman–Crippen MR) is 101 cm³/mol. The number of nitrogens with zero attached hydrogens (tertiary/aromatic N) is 4. The zero-order chi connectivity index (χ0) is 19.8. The van der Waals surface area contributed by atoms with Crippen molar-refractivity contribution in [2.75, 3.05) is 5.32 Å². The summed E-state index contributed by atoms with van der Waals surface area (Å²) in [5.74, 6) is 0.390. The fraction of sp³-hybridized carbons (Fsp3) is 0.263. The summed E-state index contributed by atoms with van der Waals surface area (Å²) < 4.78 is 19.2. The lowest BCUT2D eigenvalue weighted by molar-refractivity contribution is 0.182. The summed E-state index contributed by atoms with van der Waals surface area (Å²) >= 11 is 5.88. The molecule has 0 saturated heterocycles. The molecule has 28 heavy (non-hydrogen) atoms. The van der Waals surface area contributed by atoms with E-state index in [0.717, 1.165) is 11.3 Å². The Morgan fingerprint density at radius 3 is 2.82 bits per heavy atom. The average Bonchev–Trinajstić information content (AvgIpc) is 3.08. The summed E-state index contributed by atoms with van der Waals surface area (Å²) in [6.45, 7) is 3.82. The fourth-order valence-corrected chi connectivity index (χ4v) is 3.51. The van der Waals surface area contributed by atoms with Crippen molar-refractivity contribution in [2.45, 2.75) is 32.9 Å². The zero-order valence-corrected chi connectivity index (χ0v) is 16.0. The van der Waals surface area contributed by atoms with Crippen LogP contribution in [0.15, 0.2) is 35.1 Å². The molecule has 0 fully saturated rings. The molecule has 0 saturated carbocycles. The SMILES string of the molecule is Cc1cc(NC(=O)N2Cc3c(noc3-c3ncccn3)CC2C)cc(Cl)c1F. The molecule has 9 heteroatoms. The zero-order valence-electron chi connectivity index (χ0n) is 15.2. The summed E-state index contributed by atoms with van der Waals surface area (Å²) in [7, 11) is 0. The van der Waals surface area contributed by atoms with Crippen LogP contribution in [-0.2, 0) is 13.0 Å². The average molecular weight is 402 g/mol. The van der Waals surface area contributed by atoms with Gasteiger partial charge >= 0.3 is 6.03 Å². The number of aromatic nitrogens is 3. The molecule has 2 amide bonds. The third-order valence-corrected chi connectivity index (χ3v) is 4.98. The molecule has 144 valence electrons. The number of aryl methyl sites for hydroxylation is 1. The van der Waals surface area contributed by atoms with Crippen molar-refractivity contribution < 1.29 is 13.7 Å². The van der Waals surface area contributed by atoms with Crippen molar-refractivity contribution in [3.8, 4) is 11.6 Å². The number of rotatable bonds is 2. The van der Waals surface area contributed by atoms with Gasteiger partial charge in [0.2, 0.25) is 5.76 Å². The number of hydrogen-bond acceptors (Lipinski definition) is 5. The first kappa shape index (κ1) is 18.4. The second kappa shape index (κ2) is 7.20. The summed E-state index contributed by atoms with van der Waals surface area (Å²) in [6, 6.07) is 4.23. The number of urea groups is 1. The minimum Gasteiger partial charge on any atom is -0.352 e.